The molecule has 0 spiro atoms. The van der Waals surface area contributed by atoms with E-state index in [1.807, 2.05) is 11.8 Å². The fourth-order valence-electron chi connectivity index (χ4n) is 3.32. The molecular weight excluding hydrogens is 322 g/mol. The van der Waals surface area contributed by atoms with Gasteiger partial charge in [-0.25, -0.2) is 0 Å². The molecule has 0 saturated carbocycles. The highest BCUT2D eigenvalue weighted by atomic mass is 16.6. The number of carbonyl (C=O) groups excluding carboxylic acids is 1. The molecule has 25 heavy (non-hydrogen) atoms. The van der Waals surface area contributed by atoms with E-state index < -0.39 is 5.60 Å². The molecule has 1 saturated heterocycles. The maximum atomic E-state index is 12.7. The number of piperidine rings is 1. The van der Waals surface area contributed by atoms with Crippen molar-refractivity contribution in [2.45, 2.75) is 39.2 Å². The number of carbonyl (C=O) groups is 1. The fraction of sp³-hybridized carbons (Fsp3) is 0.611. The molecule has 0 aromatic heterocycles. The SMILES string of the molecule is CCN(CC(C)(C)O)C(=O)C1CCN(c2ccccc2[N+](=O)[O-])CC1. The lowest BCUT2D eigenvalue weighted by Crippen LogP contribution is -2.47. The van der Waals surface area contributed by atoms with E-state index in [0.717, 1.165) is 0 Å². The van der Waals surface area contributed by atoms with Crippen LogP contribution >= 0.6 is 0 Å². The van der Waals surface area contributed by atoms with Crippen LogP contribution in [0.3, 0.4) is 0 Å². The number of aliphatic hydroxyl groups is 1. The predicted molar refractivity (Wildman–Crippen MR) is 96.6 cm³/mol. The van der Waals surface area contributed by atoms with Gasteiger partial charge in [-0.3, -0.25) is 14.9 Å². The number of hydrogen-bond donors (Lipinski definition) is 1. The van der Waals surface area contributed by atoms with Gasteiger partial charge in [-0.1, -0.05) is 12.1 Å². The summed E-state index contributed by atoms with van der Waals surface area (Å²) >= 11 is 0. The summed E-state index contributed by atoms with van der Waals surface area (Å²) in [7, 11) is 0. The maximum absolute atomic E-state index is 12.7. The summed E-state index contributed by atoms with van der Waals surface area (Å²) < 4.78 is 0. The van der Waals surface area contributed by atoms with Crippen molar-refractivity contribution >= 4 is 17.3 Å². The van der Waals surface area contributed by atoms with E-state index >= 15 is 0 Å². The van der Waals surface area contributed by atoms with Crippen molar-refractivity contribution in [3.8, 4) is 0 Å². The van der Waals surface area contributed by atoms with E-state index in [2.05, 4.69) is 0 Å². The van der Waals surface area contributed by atoms with Gasteiger partial charge in [0, 0.05) is 38.2 Å². The van der Waals surface area contributed by atoms with Gasteiger partial charge in [0.25, 0.3) is 5.69 Å². The second-order valence-corrected chi connectivity index (χ2v) is 7.17. The monoisotopic (exact) mass is 349 g/mol. The molecule has 2 rings (SSSR count). The summed E-state index contributed by atoms with van der Waals surface area (Å²) in [6, 6.07) is 6.72. The van der Waals surface area contributed by atoms with E-state index in [1.165, 1.54) is 6.07 Å². The molecule has 1 fully saturated rings. The molecule has 1 heterocycles. The number of para-hydroxylation sites is 2. The Morgan fingerprint density at radius 1 is 1.36 bits per heavy atom. The molecule has 7 heteroatoms. The minimum Gasteiger partial charge on any atom is -0.389 e. The lowest BCUT2D eigenvalue weighted by Gasteiger charge is -2.36. The van der Waals surface area contributed by atoms with Crippen molar-refractivity contribution in [3.63, 3.8) is 0 Å². The Balaban J connectivity index is 2.02. The van der Waals surface area contributed by atoms with Crippen LogP contribution in [0.1, 0.15) is 33.6 Å². The summed E-state index contributed by atoms with van der Waals surface area (Å²) in [4.78, 5) is 27.2. The molecule has 0 radical (unpaired) electrons. The lowest BCUT2D eigenvalue weighted by molar-refractivity contribution is -0.384. The van der Waals surface area contributed by atoms with Crippen molar-refractivity contribution in [3.05, 3.63) is 34.4 Å². The molecule has 1 aromatic rings. The van der Waals surface area contributed by atoms with Crippen LogP contribution in [-0.4, -0.2) is 52.6 Å². The van der Waals surface area contributed by atoms with Gasteiger partial charge in [0.2, 0.25) is 5.91 Å². The third-order valence-corrected chi connectivity index (χ3v) is 4.53. The normalized spacial score (nSPS) is 15.9. The van der Waals surface area contributed by atoms with Gasteiger partial charge in [0.1, 0.15) is 5.69 Å². The molecule has 1 amide bonds. The van der Waals surface area contributed by atoms with Crippen molar-refractivity contribution < 1.29 is 14.8 Å². The zero-order valence-electron chi connectivity index (χ0n) is 15.1. The van der Waals surface area contributed by atoms with Crippen molar-refractivity contribution in [2.24, 2.45) is 5.92 Å². The standard InChI is InChI=1S/C18H27N3O4/c1-4-19(13-18(2,3)23)17(22)14-9-11-20(12-10-14)15-7-5-6-8-16(15)21(24)25/h5-8,14,23H,4,9-13H2,1-3H3. The molecule has 138 valence electrons. The van der Waals surface area contributed by atoms with Gasteiger partial charge in [-0.05, 0) is 39.7 Å². The number of hydrogen-bond acceptors (Lipinski definition) is 5. The summed E-state index contributed by atoms with van der Waals surface area (Å²) in [5.41, 5.74) is -0.205. The molecule has 0 bridgehead atoms. The van der Waals surface area contributed by atoms with Crippen LogP contribution in [0, 0.1) is 16.0 Å². The van der Waals surface area contributed by atoms with Gasteiger partial charge in [-0.15, -0.1) is 0 Å². The number of likely N-dealkylation sites (N-methyl/N-ethyl adjacent to an activating group) is 1. The van der Waals surface area contributed by atoms with Gasteiger partial charge in [-0.2, -0.15) is 0 Å². The second kappa shape index (κ2) is 7.82. The third kappa shape index (κ3) is 4.92. The largest absolute Gasteiger partial charge is 0.389 e. The number of rotatable bonds is 6. The molecular formula is C18H27N3O4. The van der Waals surface area contributed by atoms with Crippen LogP contribution in [-0.2, 0) is 4.79 Å². The van der Waals surface area contributed by atoms with E-state index in [1.54, 1.807) is 36.9 Å². The first kappa shape index (κ1) is 19.2. The van der Waals surface area contributed by atoms with Crippen LogP contribution < -0.4 is 4.90 Å². The number of anilines is 1. The predicted octanol–water partition coefficient (Wildman–Crippen LogP) is 2.43. The Labute approximate surface area is 148 Å². The zero-order valence-corrected chi connectivity index (χ0v) is 15.1. The Morgan fingerprint density at radius 3 is 2.48 bits per heavy atom. The van der Waals surface area contributed by atoms with Crippen LogP contribution in [0.5, 0.6) is 0 Å². The first-order chi connectivity index (χ1) is 11.7. The summed E-state index contributed by atoms with van der Waals surface area (Å²) in [5.74, 6) is -0.0341. The quantitative estimate of drug-likeness (QED) is 0.629. The topological polar surface area (TPSA) is 86.9 Å². The first-order valence-electron chi connectivity index (χ1n) is 8.72. The van der Waals surface area contributed by atoms with Gasteiger partial charge in [0.05, 0.1) is 10.5 Å². The maximum Gasteiger partial charge on any atom is 0.292 e. The molecule has 0 unspecified atom stereocenters. The van der Waals surface area contributed by atoms with Crippen LogP contribution in [0.25, 0.3) is 0 Å². The van der Waals surface area contributed by atoms with Crippen molar-refractivity contribution in [1.29, 1.82) is 0 Å². The number of nitro benzene ring substituents is 1. The molecule has 1 aliphatic rings. The summed E-state index contributed by atoms with van der Waals surface area (Å²) in [6.07, 6.45) is 1.32. The van der Waals surface area contributed by atoms with Crippen molar-refractivity contribution in [1.82, 2.24) is 4.90 Å². The highest BCUT2D eigenvalue weighted by molar-refractivity contribution is 5.79. The second-order valence-electron chi connectivity index (χ2n) is 7.17. The Hall–Kier alpha value is -2.15. The van der Waals surface area contributed by atoms with Crippen LogP contribution in [0.15, 0.2) is 24.3 Å². The van der Waals surface area contributed by atoms with E-state index in [-0.39, 0.29) is 22.4 Å². The fourth-order valence-corrected chi connectivity index (χ4v) is 3.32. The minimum absolute atomic E-state index is 0.0619. The Bertz CT molecular complexity index is 619. The highest BCUT2D eigenvalue weighted by Gasteiger charge is 2.31. The Morgan fingerprint density at radius 2 is 1.96 bits per heavy atom. The van der Waals surface area contributed by atoms with Gasteiger partial charge < -0.3 is 14.9 Å². The molecule has 7 nitrogen and oxygen atoms in total. The number of amides is 1. The number of benzene rings is 1. The highest BCUT2D eigenvalue weighted by Crippen LogP contribution is 2.31. The first-order valence-corrected chi connectivity index (χ1v) is 8.72. The Kier molecular flexibility index (Phi) is 6.00. The smallest absolute Gasteiger partial charge is 0.292 e. The summed E-state index contributed by atoms with van der Waals surface area (Å²) in [5, 5.41) is 21.2. The number of nitro groups is 1. The average molecular weight is 349 g/mol. The van der Waals surface area contributed by atoms with Gasteiger partial charge in [0.15, 0.2) is 0 Å². The molecule has 1 aromatic carbocycles. The molecule has 1 N–H and O–H groups in total. The summed E-state index contributed by atoms with van der Waals surface area (Å²) in [6.45, 7) is 7.40. The molecule has 0 atom stereocenters. The minimum atomic E-state index is -0.920. The third-order valence-electron chi connectivity index (χ3n) is 4.53. The zero-order chi connectivity index (χ0) is 18.6. The van der Waals surface area contributed by atoms with Crippen LogP contribution in [0.2, 0.25) is 0 Å². The average Bonchev–Trinajstić information content (AvgIpc) is 2.58. The molecule has 1 aliphatic heterocycles. The van der Waals surface area contributed by atoms with Crippen molar-refractivity contribution in [2.75, 3.05) is 31.1 Å². The molecule has 0 aliphatic carbocycles. The van der Waals surface area contributed by atoms with Gasteiger partial charge >= 0.3 is 0 Å². The van der Waals surface area contributed by atoms with E-state index in [0.29, 0.717) is 44.7 Å². The lowest BCUT2D eigenvalue weighted by atomic mass is 9.94. The number of nitrogens with zero attached hydrogens (tertiary/aromatic N) is 3. The van der Waals surface area contributed by atoms with E-state index in [9.17, 15) is 20.0 Å². The van der Waals surface area contributed by atoms with E-state index in [4.69, 9.17) is 0 Å². The van der Waals surface area contributed by atoms with Crippen LogP contribution in [0.4, 0.5) is 11.4 Å².